The number of nitrogens with one attached hydrogen (secondary N) is 2. The summed E-state index contributed by atoms with van der Waals surface area (Å²) in [6.07, 6.45) is 2.95. The van der Waals surface area contributed by atoms with Crippen LogP contribution in [0.1, 0.15) is 18.2 Å². The predicted octanol–water partition coefficient (Wildman–Crippen LogP) is 2.28. The van der Waals surface area contributed by atoms with Crippen LogP contribution in [0.3, 0.4) is 0 Å². The molecule has 0 radical (unpaired) electrons. The van der Waals surface area contributed by atoms with Gasteiger partial charge in [0.1, 0.15) is 5.82 Å². The minimum atomic E-state index is -0.457. The number of pyridine rings is 1. The van der Waals surface area contributed by atoms with E-state index in [9.17, 15) is 9.18 Å². The zero-order valence-electron chi connectivity index (χ0n) is 15.9. The molecule has 0 saturated heterocycles. The number of amides is 1. The molecule has 2 aromatic rings. The normalized spacial score (nSPS) is 12.0. The van der Waals surface area contributed by atoms with Crippen molar-refractivity contribution in [3.63, 3.8) is 0 Å². The minimum absolute atomic E-state index is 0. The van der Waals surface area contributed by atoms with Crippen LogP contribution in [-0.2, 0) is 17.6 Å². The number of primary amides is 1. The number of halogens is 2. The Morgan fingerprint density at radius 3 is 2.57 bits per heavy atom. The summed E-state index contributed by atoms with van der Waals surface area (Å²) in [5.74, 6) is -0.563. The average molecular weight is 499 g/mol. The molecule has 0 aliphatic rings. The highest BCUT2D eigenvalue weighted by molar-refractivity contribution is 14.0. The number of nitrogens with two attached hydrogens (primary N) is 1. The van der Waals surface area contributed by atoms with Gasteiger partial charge in [-0.1, -0.05) is 18.2 Å². The fourth-order valence-corrected chi connectivity index (χ4v) is 2.56. The van der Waals surface area contributed by atoms with Crippen LogP contribution in [0.15, 0.2) is 53.7 Å². The highest BCUT2D eigenvalue weighted by Crippen LogP contribution is 2.10. The summed E-state index contributed by atoms with van der Waals surface area (Å²) in [5.41, 5.74) is 7.36. The Balaban J connectivity index is 0.00000392. The van der Waals surface area contributed by atoms with Crippen molar-refractivity contribution >= 4 is 35.8 Å². The van der Waals surface area contributed by atoms with Gasteiger partial charge < -0.3 is 16.4 Å². The van der Waals surface area contributed by atoms with Crippen molar-refractivity contribution in [2.75, 3.05) is 19.6 Å². The molecule has 2 rings (SSSR count). The summed E-state index contributed by atoms with van der Waals surface area (Å²) < 4.78 is 13.0. The molecule has 0 fully saturated rings. The highest BCUT2D eigenvalue weighted by Gasteiger charge is 2.16. The maximum absolute atomic E-state index is 13.0. The highest BCUT2D eigenvalue weighted by atomic mass is 127. The first kappa shape index (κ1) is 23.8. The van der Waals surface area contributed by atoms with E-state index < -0.39 is 11.8 Å². The van der Waals surface area contributed by atoms with Gasteiger partial charge in [0.05, 0.1) is 12.5 Å². The fraction of sp³-hybridized carbons (Fsp3) is 0.350. The molecule has 4 N–H and O–H groups in total. The van der Waals surface area contributed by atoms with Gasteiger partial charge in [0.25, 0.3) is 0 Å². The number of aliphatic imine (C=N–C) groups is 1. The van der Waals surface area contributed by atoms with Crippen molar-refractivity contribution in [2.45, 2.75) is 19.8 Å². The molecular weight excluding hydrogens is 472 g/mol. The van der Waals surface area contributed by atoms with Crippen molar-refractivity contribution in [1.29, 1.82) is 0 Å². The van der Waals surface area contributed by atoms with E-state index in [0.717, 1.165) is 17.7 Å². The largest absolute Gasteiger partial charge is 0.369 e. The first-order valence-electron chi connectivity index (χ1n) is 9.04. The van der Waals surface area contributed by atoms with Gasteiger partial charge in [0, 0.05) is 31.4 Å². The van der Waals surface area contributed by atoms with E-state index in [1.807, 2.05) is 25.1 Å². The van der Waals surface area contributed by atoms with E-state index in [4.69, 9.17) is 5.73 Å². The van der Waals surface area contributed by atoms with Gasteiger partial charge in [-0.25, -0.2) is 4.39 Å². The topological polar surface area (TPSA) is 92.4 Å². The predicted molar refractivity (Wildman–Crippen MR) is 120 cm³/mol. The lowest BCUT2D eigenvalue weighted by Crippen LogP contribution is -2.39. The smallest absolute Gasteiger partial charge is 0.222 e. The monoisotopic (exact) mass is 499 g/mol. The number of carbonyl (C=O) groups excluding carboxylic acids is 1. The summed E-state index contributed by atoms with van der Waals surface area (Å²) in [6.45, 7) is 3.60. The van der Waals surface area contributed by atoms with Gasteiger partial charge in [0.2, 0.25) is 5.91 Å². The van der Waals surface area contributed by atoms with E-state index >= 15 is 0 Å². The molecule has 6 nitrogen and oxygen atoms in total. The second-order valence-corrected chi connectivity index (χ2v) is 6.15. The summed E-state index contributed by atoms with van der Waals surface area (Å²) in [4.78, 5) is 20.5. The maximum Gasteiger partial charge on any atom is 0.222 e. The van der Waals surface area contributed by atoms with Gasteiger partial charge >= 0.3 is 0 Å². The number of rotatable bonds is 9. The van der Waals surface area contributed by atoms with Crippen LogP contribution in [-0.4, -0.2) is 36.5 Å². The third-order valence-electron chi connectivity index (χ3n) is 4.01. The van der Waals surface area contributed by atoms with E-state index in [1.54, 1.807) is 18.3 Å². The molecule has 0 saturated carbocycles. The maximum atomic E-state index is 13.0. The average Bonchev–Trinajstić information content (AvgIpc) is 2.67. The third-order valence-corrected chi connectivity index (χ3v) is 4.01. The van der Waals surface area contributed by atoms with Crippen LogP contribution < -0.4 is 16.4 Å². The van der Waals surface area contributed by atoms with Crippen LogP contribution in [0, 0.1) is 11.7 Å². The summed E-state index contributed by atoms with van der Waals surface area (Å²) in [7, 11) is 0. The van der Waals surface area contributed by atoms with Gasteiger partial charge in [0.15, 0.2) is 5.96 Å². The molecule has 152 valence electrons. The molecular formula is C20H27FIN5O. The zero-order chi connectivity index (χ0) is 19.5. The van der Waals surface area contributed by atoms with Crippen LogP contribution in [0.4, 0.5) is 4.39 Å². The molecule has 0 spiro atoms. The molecule has 1 unspecified atom stereocenters. The number of nitrogens with zero attached hydrogens (tertiary/aromatic N) is 2. The first-order chi connectivity index (χ1) is 13.1. The summed E-state index contributed by atoms with van der Waals surface area (Å²) in [6, 6.07) is 11.9. The van der Waals surface area contributed by atoms with E-state index in [0.29, 0.717) is 25.5 Å². The summed E-state index contributed by atoms with van der Waals surface area (Å²) >= 11 is 0. The molecule has 1 amide bonds. The van der Waals surface area contributed by atoms with Gasteiger partial charge in [-0.3, -0.25) is 14.8 Å². The SMILES string of the molecule is CCNC(=NCC(Cc1ccc(F)cc1)C(N)=O)NCCc1ccccn1.I. The number of hydrogen-bond acceptors (Lipinski definition) is 3. The number of guanidine groups is 1. The second kappa shape index (κ2) is 13.0. The lowest BCUT2D eigenvalue weighted by atomic mass is 9.99. The Bertz CT molecular complexity index is 740. The number of benzene rings is 1. The Hall–Kier alpha value is -2.23. The van der Waals surface area contributed by atoms with Crippen molar-refractivity contribution in [1.82, 2.24) is 15.6 Å². The lowest BCUT2D eigenvalue weighted by Gasteiger charge is -2.14. The Kier molecular flexibility index (Phi) is 11.1. The van der Waals surface area contributed by atoms with Crippen LogP contribution >= 0.6 is 24.0 Å². The fourth-order valence-electron chi connectivity index (χ4n) is 2.56. The molecule has 1 aromatic heterocycles. The molecule has 1 atom stereocenters. The summed E-state index contributed by atoms with van der Waals surface area (Å²) in [5, 5.41) is 6.38. The Morgan fingerprint density at radius 1 is 1.21 bits per heavy atom. The van der Waals surface area contributed by atoms with Crippen molar-refractivity contribution < 1.29 is 9.18 Å². The van der Waals surface area contributed by atoms with Gasteiger partial charge in [-0.05, 0) is 43.2 Å². The first-order valence-corrected chi connectivity index (χ1v) is 9.04. The molecule has 1 aromatic carbocycles. The van der Waals surface area contributed by atoms with E-state index in [-0.39, 0.29) is 36.3 Å². The minimum Gasteiger partial charge on any atom is -0.369 e. The molecule has 1 heterocycles. The van der Waals surface area contributed by atoms with Crippen molar-refractivity contribution in [3.05, 3.63) is 65.7 Å². The standard InChI is InChI=1S/C20H26FN5O.HI/c1-2-23-20(25-12-10-18-5-3-4-11-24-18)26-14-16(19(22)27)13-15-6-8-17(21)9-7-15;/h3-9,11,16H,2,10,12-14H2,1H3,(H2,22,27)(H2,23,25,26);1H. The number of hydrogen-bond donors (Lipinski definition) is 3. The van der Waals surface area contributed by atoms with Gasteiger partial charge in [-0.2, -0.15) is 0 Å². The van der Waals surface area contributed by atoms with Gasteiger partial charge in [-0.15, -0.1) is 24.0 Å². The second-order valence-electron chi connectivity index (χ2n) is 6.15. The van der Waals surface area contributed by atoms with E-state index in [1.165, 1.54) is 12.1 Å². The molecule has 0 aliphatic carbocycles. The van der Waals surface area contributed by atoms with Crippen LogP contribution in [0.25, 0.3) is 0 Å². The Labute approximate surface area is 182 Å². The molecule has 28 heavy (non-hydrogen) atoms. The third kappa shape index (κ3) is 8.64. The van der Waals surface area contributed by atoms with Crippen molar-refractivity contribution in [2.24, 2.45) is 16.6 Å². The number of carbonyl (C=O) groups is 1. The van der Waals surface area contributed by atoms with Crippen LogP contribution in [0.2, 0.25) is 0 Å². The van der Waals surface area contributed by atoms with Crippen molar-refractivity contribution in [3.8, 4) is 0 Å². The zero-order valence-corrected chi connectivity index (χ0v) is 18.2. The van der Waals surface area contributed by atoms with Crippen LogP contribution in [0.5, 0.6) is 0 Å². The molecule has 0 aliphatic heterocycles. The Morgan fingerprint density at radius 2 is 1.96 bits per heavy atom. The number of aromatic nitrogens is 1. The molecule has 8 heteroatoms. The lowest BCUT2D eigenvalue weighted by molar-refractivity contribution is -0.121. The molecule has 0 bridgehead atoms. The quantitative estimate of drug-likeness (QED) is 0.281. The van der Waals surface area contributed by atoms with E-state index in [2.05, 4.69) is 20.6 Å².